The summed E-state index contributed by atoms with van der Waals surface area (Å²) in [5, 5.41) is 10.8. The molecule has 0 saturated carbocycles. The SMILES string of the molecule is COc1ccc(C(O)c2ccccc2)c(OC)c1Cl. The number of benzene rings is 2. The summed E-state index contributed by atoms with van der Waals surface area (Å²) in [7, 11) is 3.05. The fourth-order valence-corrected chi connectivity index (χ4v) is 2.27. The molecule has 19 heavy (non-hydrogen) atoms. The van der Waals surface area contributed by atoms with Gasteiger partial charge in [0.15, 0.2) is 0 Å². The molecule has 0 heterocycles. The molecule has 100 valence electrons. The quantitative estimate of drug-likeness (QED) is 0.931. The molecule has 1 atom stereocenters. The molecule has 0 aliphatic heterocycles. The average molecular weight is 279 g/mol. The lowest BCUT2D eigenvalue weighted by atomic mass is 10.0. The zero-order chi connectivity index (χ0) is 13.8. The lowest BCUT2D eigenvalue weighted by molar-refractivity contribution is 0.214. The number of ether oxygens (including phenoxy) is 2. The minimum absolute atomic E-state index is 0.359. The highest BCUT2D eigenvalue weighted by atomic mass is 35.5. The highest BCUT2D eigenvalue weighted by molar-refractivity contribution is 6.33. The fraction of sp³-hybridized carbons (Fsp3) is 0.200. The molecule has 1 N–H and O–H groups in total. The van der Waals surface area contributed by atoms with Gasteiger partial charge in [0, 0.05) is 5.56 Å². The van der Waals surface area contributed by atoms with Gasteiger partial charge in [-0.3, -0.25) is 0 Å². The fourth-order valence-electron chi connectivity index (χ4n) is 1.95. The number of aliphatic hydroxyl groups is 1. The van der Waals surface area contributed by atoms with Crippen LogP contribution >= 0.6 is 11.6 Å². The van der Waals surface area contributed by atoms with Crippen molar-refractivity contribution in [2.24, 2.45) is 0 Å². The summed E-state index contributed by atoms with van der Waals surface area (Å²) < 4.78 is 10.4. The van der Waals surface area contributed by atoms with E-state index in [-0.39, 0.29) is 0 Å². The Balaban J connectivity index is 2.48. The van der Waals surface area contributed by atoms with Gasteiger partial charge in [0.1, 0.15) is 22.6 Å². The first-order valence-electron chi connectivity index (χ1n) is 5.82. The van der Waals surface area contributed by atoms with Gasteiger partial charge in [-0.2, -0.15) is 0 Å². The molecule has 2 aromatic rings. The zero-order valence-electron chi connectivity index (χ0n) is 10.8. The standard InChI is InChI=1S/C15H15ClO3/c1-18-12-9-8-11(15(19-2)13(12)16)14(17)10-6-4-3-5-7-10/h3-9,14,17H,1-2H3. The second-order valence-electron chi connectivity index (χ2n) is 4.02. The third kappa shape index (κ3) is 2.67. The number of hydrogen-bond acceptors (Lipinski definition) is 3. The van der Waals surface area contributed by atoms with Crippen molar-refractivity contribution in [2.75, 3.05) is 14.2 Å². The van der Waals surface area contributed by atoms with Crippen molar-refractivity contribution >= 4 is 11.6 Å². The number of halogens is 1. The summed E-state index contributed by atoms with van der Waals surface area (Å²) >= 11 is 6.18. The van der Waals surface area contributed by atoms with Gasteiger partial charge in [-0.05, 0) is 17.7 Å². The normalized spacial score (nSPS) is 12.0. The molecule has 3 nitrogen and oxygen atoms in total. The number of hydrogen-bond donors (Lipinski definition) is 1. The van der Waals surface area contributed by atoms with Crippen LogP contribution in [0.4, 0.5) is 0 Å². The van der Waals surface area contributed by atoms with E-state index in [9.17, 15) is 5.11 Å². The second kappa shape index (κ2) is 5.95. The molecule has 2 aromatic carbocycles. The van der Waals surface area contributed by atoms with E-state index in [1.54, 1.807) is 12.1 Å². The molecule has 0 aromatic heterocycles. The predicted octanol–water partition coefficient (Wildman–Crippen LogP) is 3.44. The highest BCUT2D eigenvalue weighted by Gasteiger charge is 2.20. The van der Waals surface area contributed by atoms with Crippen molar-refractivity contribution in [2.45, 2.75) is 6.10 Å². The maximum Gasteiger partial charge on any atom is 0.147 e. The van der Waals surface area contributed by atoms with Crippen LogP contribution in [-0.2, 0) is 0 Å². The van der Waals surface area contributed by atoms with Crippen molar-refractivity contribution in [3.8, 4) is 11.5 Å². The number of methoxy groups -OCH3 is 2. The second-order valence-corrected chi connectivity index (χ2v) is 4.40. The van der Waals surface area contributed by atoms with Crippen LogP contribution < -0.4 is 9.47 Å². The Kier molecular flexibility index (Phi) is 4.30. The Bertz CT molecular complexity index is 555. The van der Waals surface area contributed by atoms with Crippen molar-refractivity contribution in [3.05, 3.63) is 58.6 Å². The molecular weight excluding hydrogens is 264 g/mol. The molecule has 0 spiro atoms. The molecule has 0 amide bonds. The average Bonchev–Trinajstić information content (AvgIpc) is 2.47. The molecule has 0 radical (unpaired) electrons. The lowest BCUT2D eigenvalue weighted by Gasteiger charge is -2.17. The molecule has 0 fully saturated rings. The monoisotopic (exact) mass is 278 g/mol. The highest BCUT2D eigenvalue weighted by Crippen LogP contribution is 2.40. The van der Waals surface area contributed by atoms with Crippen LogP contribution in [0.2, 0.25) is 5.02 Å². The van der Waals surface area contributed by atoms with Gasteiger partial charge in [-0.25, -0.2) is 0 Å². The van der Waals surface area contributed by atoms with Gasteiger partial charge >= 0.3 is 0 Å². The summed E-state index contributed by atoms with van der Waals surface area (Å²) in [6.45, 7) is 0. The van der Waals surface area contributed by atoms with Crippen molar-refractivity contribution in [1.82, 2.24) is 0 Å². The van der Waals surface area contributed by atoms with Crippen molar-refractivity contribution < 1.29 is 14.6 Å². The molecule has 4 heteroatoms. The summed E-state index contributed by atoms with van der Waals surface area (Å²) in [4.78, 5) is 0. The van der Waals surface area contributed by atoms with E-state index in [2.05, 4.69) is 0 Å². The summed E-state index contributed by atoms with van der Waals surface area (Å²) in [5.74, 6) is 0.944. The Morgan fingerprint density at radius 2 is 1.68 bits per heavy atom. The third-order valence-corrected chi connectivity index (χ3v) is 3.28. The van der Waals surface area contributed by atoms with Crippen LogP contribution in [0.15, 0.2) is 42.5 Å². The van der Waals surface area contributed by atoms with Crippen molar-refractivity contribution in [1.29, 1.82) is 0 Å². The minimum Gasteiger partial charge on any atom is -0.495 e. The van der Waals surface area contributed by atoms with E-state index in [0.29, 0.717) is 22.1 Å². The Hall–Kier alpha value is -1.71. The number of rotatable bonds is 4. The minimum atomic E-state index is -0.792. The molecular formula is C15H15ClO3. The Morgan fingerprint density at radius 1 is 1.00 bits per heavy atom. The van der Waals surface area contributed by atoms with Gasteiger partial charge in [0.05, 0.1) is 14.2 Å². The molecule has 0 aliphatic carbocycles. The van der Waals surface area contributed by atoms with E-state index in [1.165, 1.54) is 14.2 Å². The van der Waals surface area contributed by atoms with Crippen LogP contribution in [0, 0.1) is 0 Å². The zero-order valence-corrected chi connectivity index (χ0v) is 11.5. The van der Waals surface area contributed by atoms with Gasteiger partial charge in [0.25, 0.3) is 0 Å². The van der Waals surface area contributed by atoms with E-state index in [1.807, 2.05) is 30.3 Å². The Labute approximate surface area is 117 Å². The van der Waals surface area contributed by atoms with Gasteiger partial charge in [-0.1, -0.05) is 41.9 Å². The van der Waals surface area contributed by atoms with Gasteiger partial charge < -0.3 is 14.6 Å². The first kappa shape index (κ1) is 13.7. The van der Waals surface area contributed by atoms with Crippen LogP contribution in [0.25, 0.3) is 0 Å². The Morgan fingerprint density at radius 3 is 2.26 bits per heavy atom. The summed E-state index contributed by atoms with van der Waals surface area (Å²) in [5.41, 5.74) is 1.39. The molecule has 0 saturated heterocycles. The van der Waals surface area contributed by atoms with E-state index in [0.717, 1.165) is 5.56 Å². The van der Waals surface area contributed by atoms with E-state index >= 15 is 0 Å². The first-order chi connectivity index (χ1) is 9.19. The molecule has 0 bridgehead atoms. The third-order valence-electron chi connectivity index (χ3n) is 2.93. The van der Waals surface area contributed by atoms with Crippen LogP contribution in [0.1, 0.15) is 17.2 Å². The maximum atomic E-state index is 10.4. The van der Waals surface area contributed by atoms with Crippen molar-refractivity contribution in [3.63, 3.8) is 0 Å². The maximum absolute atomic E-state index is 10.4. The number of aliphatic hydroxyl groups excluding tert-OH is 1. The first-order valence-corrected chi connectivity index (χ1v) is 6.20. The predicted molar refractivity (Wildman–Crippen MR) is 75.1 cm³/mol. The smallest absolute Gasteiger partial charge is 0.147 e. The lowest BCUT2D eigenvalue weighted by Crippen LogP contribution is -2.03. The topological polar surface area (TPSA) is 38.7 Å². The van der Waals surface area contributed by atoms with Crippen LogP contribution in [-0.4, -0.2) is 19.3 Å². The summed E-state index contributed by atoms with van der Waals surface area (Å²) in [6, 6.07) is 12.8. The summed E-state index contributed by atoms with van der Waals surface area (Å²) in [6.07, 6.45) is -0.792. The van der Waals surface area contributed by atoms with E-state index in [4.69, 9.17) is 21.1 Å². The van der Waals surface area contributed by atoms with Gasteiger partial charge in [-0.15, -0.1) is 0 Å². The van der Waals surface area contributed by atoms with Gasteiger partial charge in [0.2, 0.25) is 0 Å². The van der Waals surface area contributed by atoms with Crippen LogP contribution in [0.5, 0.6) is 11.5 Å². The largest absolute Gasteiger partial charge is 0.495 e. The molecule has 1 unspecified atom stereocenters. The molecule has 0 aliphatic rings. The van der Waals surface area contributed by atoms with E-state index < -0.39 is 6.10 Å². The molecule has 2 rings (SSSR count). The van der Waals surface area contributed by atoms with Crippen LogP contribution in [0.3, 0.4) is 0 Å².